The van der Waals surface area contributed by atoms with E-state index in [9.17, 15) is 14.7 Å². The number of rotatable bonds is 4. The second-order valence-corrected chi connectivity index (χ2v) is 7.21. The van der Waals surface area contributed by atoms with E-state index in [2.05, 4.69) is 24.5 Å². The van der Waals surface area contributed by atoms with E-state index in [0.717, 1.165) is 45.1 Å². The Bertz CT molecular complexity index is 395. The number of aliphatic carboxylic acids is 1. The van der Waals surface area contributed by atoms with E-state index in [0.29, 0.717) is 6.54 Å². The molecule has 1 saturated heterocycles. The smallest absolute Gasteiger partial charge is 0.306 e. The van der Waals surface area contributed by atoms with Crippen LogP contribution in [0.3, 0.4) is 0 Å². The first-order valence-electron chi connectivity index (χ1n) is 8.16. The van der Waals surface area contributed by atoms with Crippen molar-refractivity contribution in [1.29, 1.82) is 0 Å². The zero-order valence-electron chi connectivity index (χ0n) is 13.2. The first-order chi connectivity index (χ1) is 9.92. The van der Waals surface area contributed by atoms with E-state index < -0.39 is 5.97 Å². The van der Waals surface area contributed by atoms with Gasteiger partial charge < -0.3 is 15.7 Å². The molecule has 1 aliphatic heterocycles. The summed E-state index contributed by atoms with van der Waals surface area (Å²) >= 11 is 0. The van der Waals surface area contributed by atoms with Crippen molar-refractivity contribution in [2.75, 3.05) is 13.1 Å². The molecule has 0 aromatic heterocycles. The molecular weight excluding hydrogens is 268 g/mol. The molecule has 3 unspecified atom stereocenters. The first-order valence-corrected chi connectivity index (χ1v) is 8.16. The Kier molecular flexibility index (Phi) is 5.25. The van der Waals surface area contributed by atoms with E-state index in [1.165, 1.54) is 0 Å². The van der Waals surface area contributed by atoms with Crippen LogP contribution in [0.25, 0.3) is 0 Å². The molecule has 0 spiro atoms. The van der Waals surface area contributed by atoms with Gasteiger partial charge in [0.1, 0.15) is 0 Å². The molecule has 2 aliphatic rings. The minimum absolute atomic E-state index is 0.0226. The first kappa shape index (κ1) is 16.3. The van der Waals surface area contributed by atoms with Gasteiger partial charge in [-0.05, 0) is 43.6 Å². The summed E-state index contributed by atoms with van der Waals surface area (Å²) in [6, 6.07) is -0.168. The molecular formula is C16H28N2O3. The average Bonchev–Trinajstić information content (AvgIpc) is 2.44. The fraction of sp³-hybridized carbons (Fsp3) is 0.875. The third kappa shape index (κ3) is 3.96. The summed E-state index contributed by atoms with van der Waals surface area (Å²) < 4.78 is 0. The van der Waals surface area contributed by atoms with Crippen molar-refractivity contribution < 1.29 is 14.7 Å². The van der Waals surface area contributed by atoms with Crippen LogP contribution in [0.5, 0.6) is 0 Å². The van der Waals surface area contributed by atoms with Crippen LogP contribution in [0.1, 0.15) is 52.4 Å². The Morgan fingerprint density at radius 2 is 1.95 bits per heavy atom. The predicted octanol–water partition coefficient (Wildman–Crippen LogP) is 1.77. The summed E-state index contributed by atoms with van der Waals surface area (Å²) in [6.45, 7) is 5.60. The minimum atomic E-state index is -0.718. The normalized spacial score (nSPS) is 32.4. The zero-order valence-corrected chi connectivity index (χ0v) is 13.2. The maximum absolute atomic E-state index is 12.4. The third-order valence-corrected chi connectivity index (χ3v) is 5.15. The van der Waals surface area contributed by atoms with E-state index in [-0.39, 0.29) is 29.2 Å². The van der Waals surface area contributed by atoms with Crippen LogP contribution in [0, 0.1) is 17.3 Å². The van der Waals surface area contributed by atoms with Gasteiger partial charge in [0, 0.05) is 6.54 Å². The van der Waals surface area contributed by atoms with Crippen LogP contribution in [-0.4, -0.2) is 36.1 Å². The average molecular weight is 296 g/mol. The Hall–Kier alpha value is -1.10. The van der Waals surface area contributed by atoms with Gasteiger partial charge in [0.2, 0.25) is 5.91 Å². The maximum atomic E-state index is 12.4. The number of hydrogen-bond donors (Lipinski definition) is 3. The van der Waals surface area contributed by atoms with Crippen molar-refractivity contribution in [3.05, 3.63) is 0 Å². The van der Waals surface area contributed by atoms with Crippen LogP contribution in [-0.2, 0) is 9.59 Å². The molecule has 21 heavy (non-hydrogen) atoms. The number of hydrogen-bond acceptors (Lipinski definition) is 3. The van der Waals surface area contributed by atoms with E-state index in [1.807, 2.05) is 0 Å². The van der Waals surface area contributed by atoms with Gasteiger partial charge in [-0.15, -0.1) is 0 Å². The standard InChI is InChI=1S/C16H28N2O3/c1-16(2)8-5-9-17-13(16)14(19)18-10-11-6-3-4-7-12(11)15(20)21/h11-13,17H,3-10H2,1-2H3,(H,18,19)(H,20,21). The van der Waals surface area contributed by atoms with Gasteiger partial charge in [0.15, 0.2) is 0 Å². The van der Waals surface area contributed by atoms with E-state index in [1.54, 1.807) is 0 Å². The Morgan fingerprint density at radius 1 is 1.24 bits per heavy atom. The number of carbonyl (C=O) groups is 2. The zero-order chi connectivity index (χ0) is 15.5. The monoisotopic (exact) mass is 296 g/mol. The molecule has 0 aromatic rings. The molecule has 3 N–H and O–H groups in total. The number of carboxylic acids is 1. The summed E-state index contributed by atoms with van der Waals surface area (Å²) in [6.07, 6.45) is 5.83. The molecule has 2 fully saturated rings. The van der Waals surface area contributed by atoms with Crippen molar-refractivity contribution in [3.8, 4) is 0 Å². The molecule has 0 radical (unpaired) electrons. The predicted molar refractivity (Wildman–Crippen MR) is 80.9 cm³/mol. The maximum Gasteiger partial charge on any atom is 0.306 e. The van der Waals surface area contributed by atoms with Crippen LogP contribution < -0.4 is 10.6 Å². The number of amides is 1. The number of carboxylic acid groups (broad SMARTS) is 1. The van der Waals surface area contributed by atoms with Crippen molar-refractivity contribution in [1.82, 2.24) is 10.6 Å². The quantitative estimate of drug-likeness (QED) is 0.739. The van der Waals surface area contributed by atoms with Gasteiger partial charge in [-0.1, -0.05) is 26.7 Å². The SMILES string of the molecule is CC1(C)CCCNC1C(=O)NCC1CCCCC1C(=O)O. The van der Waals surface area contributed by atoms with E-state index in [4.69, 9.17) is 0 Å². The molecule has 5 nitrogen and oxygen atoms in total. The summed E-state index contributed by atoms with van der Waals surface area (Å²) in [5, 5.41) is 15.6. The summed E-state index contributed by atoms with van der Waals surface area (Å²) in [7, 11) is 0. The highest BCUT2D eigenvalue weighted by molar-refractivity contribution is 5.82. The lowest BCUT2D eigenvalue weighted by Gasteiger charge is -2.38. The Balaban J connectivity index is 1.89. The second kappa shape index (κ2) is 6.77. The highest BCUT2D eigenvalue weighted by atomic mass is 16.4. The fourth-order valence-electron chi connectivity index (χ4n) is 3.77. The molecule has 1 heterocycles. The lowest BCUT2D eigenvalue weighted by Crippen LogP contribution is -2.56. The molecule has 1 saturated carbocycles. The van der Waals surface area contributed by atoms with Gasteiger partial charge in [0.05, 0.1) is 12.0 Å². The number of nitrogens with one attached hydrogen (secondary N) is 2. The lowest BCUT2D eigenvalue weighted by atomic mass is 9.76. The molecule has 1 aliphatic carbocycles. The van der Waals surface area contributed by atoms with Gasteiger partial charge in [-0.25, -0.2) is 0 Å². The minimum Gasteiger partial charge on any atom is -0.481 e. The molecule has 2 rings (SSSR count). The highest BCUT2D eigenvalue weighted by Crippen LogP contribution is 2.31. The van der Waals surface area contributed by atoms with Crippen molar-refractivity contribution in [2.45, 2.75) is 58.4 Å². The van der Waals surface area contributed by atoms with Gasteiger partial charge in [-0.3, -0.25) is 9.59 Å². The largest absolute Gasteiger partial charge is 0.481 e. The van der Waals surface area contributed by atoms with Gasteiger partial charge in [0.25, 0.3) is 0 Å². The van der Waals surface area contributed by atoms with E-state index >= 15 is 0 Å². The summed E-state index contributed by atoms with van der Waals surface area (Å²) in [5.41, 5.74) is -0.0406. The summed E-state index contributed by atoms with van der Waals surface area (Å²) in [4.78, 5) is 23.7. The third-order valence-electron chi connectivity index (χ3n) is 5.15. The summed E-state index contributed by atoms with van der Waals surface area (Å²) in [5.74, 6) is -0.919. The molecule has 0 bridgehead atoms. The topological polar surface area (TPSA) is 78.4 Å². The molecule has 1 amide bonds. The van der Waals surface area contributed by atoms with Gasteiger partial charge in [-0.2, -0.15) is 0 Å². The van der Waals surface area contributed by atoms with Gasteiger partial charge >= 0.3 is 5.97 Å². The molecule has 3 atom stereocenters. The van der Waals surface area contributed by atoms with Crippen molar-refractivity contribution >= 4 is 11.9 Å². The molecule has 120 valence electrons. The van der Waals surface area contributed by atoms with Crippen molar-refractivity contribution in [3.63, 3.8) is 0 Å². The fourth-order valence-corrected chi connectivity index (χ4v) is 3.77. The Morgan fingerprint density at radius 3 is 2.62 bits per heavy atom. The molecule has 5 heteroatoms. The van der Waals surface area contributed by atoms with Crippen LogP contribution in [0.4, 0.5) is 0 Å². The van der Waals surface area contributed by atoms with Crippen LogP contribution >= 0.6 is 0 Å². The highest BCUT2D eigenvalue weighted by Gasteiger charge is 2.38. The number of piperidine rings is 1. The van der Waals surface area contributed by atoms with Crippen molar-refractivity contribution in [2.24, 2.45) is 17.3 Å². The second-order valence-electron chi connectivity index (χ2n) is 7.21. The van der Waals surface area contributed by atoms with Crippen LogP contribution in [0.2, 0.25) is 0 Å². The van der Waals surface area contributed by atoms with Crippen LogP contribution in [0.15, 0.2) is 0 Å². The number of carbonyl (C=O) groups excluding carboxylic acids is 1. The lowest BCUT2D eigenvalue weighted by molar-refractivity contribution is -0.145. The molecule has 0 aromatic carbocycles. The Labute approximate surface area is 126 Å².